The van der Waals surface area contributed by atoms with Gasteiger partial charge in [0.25, 0.3) is 0 Å². The van der Waals surface area contributed by atoms with E-state index >= 15 is 0 Å². The van der Waals surface area contributed by atoms with Gasteiger partial charge in [0.15, 0.2) is 5.78 Å². The van der Waals surface area contributed by atoms with Gasteiger partial charge in [-0.3, -0.25) is 4.79 Å². The smallest absolute Gasteiger partial charge is 0.194 e. The summed E-state index contributed by atoms with van der Waals surface area (Å²) < 4.78 is 0. The molecule has 0 aliphatic carbocycles. The molecule has 2 rings (SSSR count). The summed E-state index contributed by atoms with van der Waals surface area (Å²) in [6.07, 6.45) is 0. The molecular formula is C13H9Cl2NO. The number of hydrogen-bond acceptors (Lipinski definition) is 2. The van der Waals surface area contributed by atoms with Crippen molar-refractivity contribution in [1.82, 2.24) is 0 Å². The molecule has 0 spiro atoms. The van der Waals surface area contributed by atoms with E-state index in [9.17, 15) is 4.79 Å². The Hall–Kier alpha value is -1.51. The number of nitrogen functional groups attached to an aromatic ring is 1. The number of halogens is 2. The molecule has 2 nitrogen and oxygen atoms in total. The summed E-state index contributed by atoms with van der Waals surface area (Å²) in [5.41, 5.74) is 7.04. The minimum absolute atomic E-state index is 0.190. The van der Waals surface area contributed by atoms with Crippen molar-refractivity contribution in [3.63, 3.8) is 0 Å². The van der Waals surface area contributed by atoms with Gasteiger partial charge in [0.1, 0.15) is 0 Å². The van der Waals surface area contributed by atoms with Gasteiger partial charge in [-0.25, -0.2) is 0 Å². The van der Waals surface area contributed by atoms with Crippen molar-refractivity contribution in [2.24, 2.45) is 0 Å². The van der Waals surface area contributed by atoms with E-state index in [-0.39, 0.29) is 5.78 Å². The standard InChI is InChI=1S/C13H9Cl2NO/c14-9-4-5-12(15)11(7-9)13(17)8-2-1-3-10(16)6-8/h1-7H,16H2. The van der Waals surface area contributed by atoms with Gasteiger partial charge in [0, 0.05) is 21.8 Å². The SMILES string of the molecule is Nc1cccc(C(=O)c2cc(Cl)ccc2Cl)c1. The van der Waals surface area contributed by atoms with Crippen molar-refractivity contribution >= 4 is 34.7 Å². The fraction of sp³-hybridized carbons (Fsp3) is 0. The molecule has 86 valence electrons. The fourth-order valence-electron chi connectivity index (χ4n) is 1.51. The Kier molecular flexibility index (Phi) is 3.36. The molecule has 2 aromatic carbocycles. The number of ketones is 1. The first-order valence-electron chi connectivity index (χ1n) is 4.93. The van der Waals surface area contributed by atoms with Crippen LogP contribution in [0.2, 0.25) is 10.0 Å². The third-order valence-electron chi connectivity index (χ3n) is 2.32. The lowest BCUT2D eigenvalue weighted by Gasteiger charge is -2.05. The van der Waals surface area contributed by atoms with E-state index in [2.05, 4.69) is 0 Å². The van der Waals surface area contributed by atoms with E-state index in [1.807, 2.05) is 0 Å². The first-order chi connectivity index (χ1) is 8.08. The molecule has 0 bridgehead atoms. The molecule has 0 unspecified atom stereocenters. The molecular weight excluding hydrogens is 257 g/mol. The van der Waals surface area contributed by atoms with Gasteiger partial charge in [-0.1, -0.05) is 35.3 Å². The van der Waals surface area contributed by atoms with Crippen molar-refractivity contribution in [3.8, 4) is 0 Å². The minimum atomic E-state index is -0.190. The van der Waals surface area contributed by atoms with Gasteiger partial charge < -0.3 is 5.73 Å². The number of hydrogen-bond donors (Lipinski definition) is 1. The van der Waals surface area contributed by atoms with Crippen LogP contribution in [0.25, 0.3) is 0 Å². The Morgan fingerprint density at radius 1 is 1.06 bits per heavy atom. The molecule has 4 heteroatoms. The number of benzene rings is 2. The van der Waals surface area contributed by atoms with Crippen molar-refractivity contribution in [1.29, 1.82) is 0 Å². The zero-order valence-corrected chi connectivity index (χ0v) is 10.3. The summed E-state index contributed by atoms with van der Waals surface area (Å²) in [6.45, 7) is 0. The van der Waals surface area contributed by atoms with Gasteiger partial charge in [-0.15, -0.1) is 0 Å². The van der Waals surface area contributed by atoms with Gasteiger partial charge in [0.05, 0.1) is 5.02 Å². The van der Waals surface area contributed by atoms with Gasteiger partial charge in [-0.05, 0) is 30.3 Å². The molecule has 0 aromatic heterocycles. The summed E-state index contributed by atoms with van der Waals surface area (Å²) >= 11 is 11.8. The molecule has 0 fully saturated rings. The van der Waals surface area contributed by atoms with Crippen molar-refractivity contribution in [2.75, 3.05) is 5.73 Å². The predicted octanol–water partition coefficient (Wildman–Crippen LogP) is 3.81. The minimum Gasteiger partial charge on any atom is -0.399 e. The molecule has 0 heterocycles. The average molecular weight is 266 g/mol. The Bertz CT molecular complexity index is 581. The fourth-order valence-corrected chi connectivity index (χ4v) is 1.88. The van der Waals surface area contributed by atoms with Crippen LogP contribution in [-0.2, 0) is 0 Å². The maximum absolute atomic E-state index is 12.2. The molecule has 0 atom stereocenters. The van der Waals surface area contributed by atoms with Crippen molar-refractivity contribution < 1.29 is 4.79 Å². The number of carbonyl (C=O) groups excluding carboxylic acids is 1. The largest absolute Gasteiger partial charge is 0.399 e. The predicted molar refractivity (Wildman–Crippen MR) is 70.7 cm³/mol. The van der Waals surface area contributed by atoms with E-state index in [1.165, 1.54) is 0 Å². The molecule has 0 radical (unpaired) electrons. The molecule has 0 saturated heterocycles. The maximum Gasteiger partial charge on any atom is 0.194 e. The van der Waals surface area contributed by atoms with Gasteiger partial charge in [-0.2, -0.15) is 0 Å². The molecule has 0 aliphatic rings. The Labute approximate surface area is 109 Å². The van der Waals surface area contributed by atoms with Crippen LogP contribution in [0.15, 0.2) is 42.5 Å². The summed E-state index contributed by atoms with van der Waals surface area (Å²) in [7, 11) is 0. The van der Waals surface area contributed by atoms with Crippen LogP contribution in [0.4, 0.5) is 5.69 Å². The van der Waals surface area contributed by atoms with Gasteiger partial charge in [0.2, 0.25) is 0 Å². The molecule has 2 aromatic rings. The zero-order valence-electron chi connectivity index (χ0n) is 8.78. The summed E-state index contributed by atoms with van der Waals surface area (Å²) in [4.78, 5) is 12.2. The number of anilines is 1. The summed E-state index contributed by atoms with van der Waals surface area (Å²) in [6, 6.07) is 11.5. The number of nitrogens with two attached hydrogens (primary N) is 1. The quantitative estimate of drug-likeness (QED) is 0.663. The first kappa shape index (κ1) is 12.0. The monoisotopic (exact) mass is 265 g/mol. The zero-order chi connectivity index (χ0) is 12.4. The second kappa shape index (κ2) is 4.78. The van der Waals surface area contributed by atoms with E-state index < -0.39 is 0 Å². The van der Waals surface area contributed by atoms with E-state index in [0.717, 1.165) is 0 Å². The third kappa shape index (κ3) is 2.60. The number of rotatable bonds is 2. The molecule has 0 amide bonds. The Balaban J connectivity index is 2.47. The van der Waals surface area contributed by atoms with Crippen LogP contribution in [0.3, 0.4) is 0 Å². The van der Waals surface area contributed by atoms with Crippen LogP contribution in [-0.4, -0.2) is 5.78 Å². The second-order valence-corrected chi connectivity index (χ2v) is 4.42. The average Bonchev–Trinajstić information content (AvgIpc) is 2.31. The third-order valence-corrected chi connectivity index (χ3v) is 2.89. The first-order valence-corrected chi connectivity index (χ1v) is 5.69. The lowest BCUT2D eigenvalue weighted by molar-refractivity contribution is 0.103. The molecule has 2 N–H and O–H groups in total. The summed E-state index contributed by atoms with van der Waals surface area (Å²) in [5, 5.41) is 0.850. The normalized spacial score (nSPS) is 10.2. The molecule has 0 aliphatic heterocycles. The second-order valence-electron chi connectivity index (χ2n) is 3.58. The van der Waals surface area contributed by atoms with Crippen molar-refractivity contribution in [2.45, 2.75) is 0 Å². The van der Waals surface area contributed by atoms with Crippen LogP contribution in [0.1, 0.15) is 15.9 Å². The van der Waals surface area contributed by atoms with Gasteiger partial charge >= 0.3 is 0 Å². The lowest BCUT2D eigenvalue weighted by Crippen LogP contribution is -2.02. The molecule has 17 heavy (non-hydrogen) atoms. The highest BCUT2D eigenvalue weighted by atomic mass is 35.5. The van der Waals surface area contributed by atoms with E-state index in [0.29, 0.717) is 26.9 Å². The van der Waals surface area contributed by atoms with Crippen LogP contribution in [0.5, 0.6) is 0 Å². The highest BCUT2D eigenvalue weighted by Gasteiger charge is 2.13. The topological polar surface area (TPSA) is 43.1 Å². The highest BCUT2D eigenvalue weighted by Crippen LogP contribution is 2.23. The highest BCUT2D eigenvalue weighted by molar-refractivity contribution is 6.36. The lowest BCUT2D eigenvalue weighted by atomic mass is 10.0. The molecule has 0 saturated carbocycles. The van der Waals surface area contributed by atoms with E-state index in [4.69, 9.17) is 28.9 Å². The maximum atomic E-state index is 12.2. The number of carbonyl (C=O) groups is 1. The van der Waals surface area contributed by atoms with Crippen LogP contribution in [0, 0.1) is 0 Å². The Morgan fingerprint density at radius 3 is 2.53 bits per heavy atom. The summed E-state index contributed by atoms with van der Waals surface area (Å²) in [5.74, 6) is -0.190. The Morgan fingerprint density at radius 2 is 1.82 bits per heavy atom. The van der Waals surface area contributed by atoms with Crippen LogP contribution < -0.4 is 5.73 Å². The van der Waals surface area contributed by atoms with E-state index in [1.54, 1.807) is 42.5 Å². The van der Waals surface area contributed by atoms with Crippen LogP contribution >= 0.6 is 23.2 Å². The van der Waals surface area contributed by atoms with Crippen molar-refractivity contribution in [3.05, 3.63) is 63.6 Å².